The van der Waals surface area contributed by atoms with Gasteiger partial charge in [-0.2, -0.15) is 0 Å². The number of benzene rings is 2. The van der Waals surface area contributed by atoms with Crippen LogP contribution in [0.2, 0.25) is 5.02 Å². The van der Waals surface area contributed by atoms with Gasteiger partial charge in [-0.05, 0) is 62.6 Å². The van der Waals surface area contributed by atoms with Crippen LogP contribution in [0.5, 0.6) is 17.2 Å². The SMILES string of the molecule is CCOC(=O)C(=O)Nc1cc(C)c(Oc2ccc(O)c(CNC3CC3)c2)c(Cl)c1. The summed E-state index contributed by atoms with van der Waals surface area (Å²) >= 11 is 6.34. The highest BCUT2D eigenvalue weighted by Crippen LogP contribution is 2.36. The predicted molar refractivity (Wildman–Crippen MR) is 109 cm³/mol. The molecular weight excluding hydrogens is 396 g/mol. The van der Waals surface area contributed by atoms with Crippen LogP contribution in [0.4, 0.5) is 5.69 Å². The van der Waals surface area contributed by atoms with E-state index in [4.69, 9.17) is 16.3 Å². The van der Waals surface area contributed by atoms with Crippen LogP contribution >= 0.6 is 11.6 Å². The molecule has 0 aromatic heterocycles. The first kappa shape index (κ1) is 21.0. The van der Waals surface area contributed by atoms with Gasteiger partial charge in [-0.15, -0.1) is 0 Å². The fourth-order valence-corrected chi connectivity index (χ4v) is 3.04. The molecular formula is C21H23ClN2O5. The van der Waals surface area contributed by atoms with Crippen molar-refractivity contribution in [3.8, 4) is 17.2 Å². The molecule has 8 heteroatoms. The predicted octanol–water partition coefficient (Wildman–Crippen LogP) is 3.90. The number of rotatable bonds is 7. The Morgan fingerprint density at radius 1 is 1.24 bits per heavy atom. The minimum Gasteiger partial charge on any atom is -0.508 e. The van der Waals surface area contributed by atoms with E-state index in [-0.39, 0.29) is 17.4 Å². The third kappa shape index (κ3) is 5.62. The summed E-state index contributed by atoms with van der Waals surface area (Å²) in [5.74, 6) is -0.679. The van der Waals surface area contributed by atoms with Crippen molar-refractivity contribution in [2.45, 2.75) is 39.3 Å². The summed E-state index contributed by atoms with van der Waals surface area (Å²) < 4.78 is 10.6. The summed E-state index contributed by atoms with van der Waals surface area (Å²) in [5, 5.41) is 16.1. The smallest absolute Gasteiger partial charge is 0.397 e. The van der Waals surface area contributed by atoms with Crippen LogP contribution < -0.4 is 15.4 Å². The van der Waals surface area contributed by atoms with Gasteiger partial charge in [0.2, 0.25) is 0 Å². The quantitative estimate of drug-likeness (QED) is 0.466. The van der Waals surface area contributed by atoms with Crippen LogP contribution in [0.25, 0.3) is 0 Å². The third-order valence-electron chi connectivity index (χ3n) is 4.38. The van der Waals surface area contributed by atoms with E-state index >= 15 is 0 Å². The zero-order valence-electron chi connectivity index (χ0n) is 16.3. The van der Waals surface area contributed by atoms with Gasteiger partial charge in [0.25, 0.3) is 0 Å². The number of esters is 1. The van der Waals surface area contributed by atoms with Gasteiger partial charge in [0.1, 0.15) is 17.2 Å². The zero-order valence-corrected chi connectivity index (χ0v) is 17.0. The van der Waals surface area contributed by atoms with E-state index in [0.29, 0.717) is 35.3 Å². The van der Waals surface area contributed by atoms with E-state index in [9.17, 15) is 14.7 Å². The van der Waals surface area contributed by atoms with Gasteiger partial charge in [0, 0.05) is 23.8 Å². The number of phenolic OH excluding ortho intramolecular Hbond substituents is 1. The molecule has 1 amide bonds. The molecule has 0 saturated heterocycles. The lowest BCUT2D eigenvalue weighted by molar-refractivity contribution is -0.152. The van der Waals surface area contributed by atoms with Crippen LogP contribution in [0.3, 0.4) is 0 Å². The van der Waals surface area contributed by atoms with Crippen LogP contribution in [0.15, 0.2) is 30.3 Å². The van der Waals surface area contributed by atoms with Crippen molar-refractivity contribution in [3.05, 3.63) is 46.5 Å². The second kappa shape index (κ2) is 9.15. The van der Waals surface area contributed by atoms with Gasteiger partial charge in [-0.25, -0.2) is 4.79 Å². The minimum atomic E-state index is -0.960. The highest BCUT2D eigenvalue weighted by Gasteiger charge is 2.21. The highest BCUT2D eigenvalue weighted by molar-refractivity contribution is 6.37. The number of ether oxygens (including phenoxy) is 2. The van der Waals surface area contributed by atoms with Gasteiger partial charge in [-0.3, -0.25) is 4.79 Å². The molecule has 2 aromatic carbocycles. The standard InChI is InChI=1S/C21H23ClN2O5/c1-3-28-21(27)20(26)24-15-8-12(2)19(17(22)10-15)29-16-6-7-18(25)13(9-16)11-23-14-4-5-14/h6-10,14,23,25H,3-5,11H2,1-2H3,(H,24,26). The summed E-state index contributed by atoms with van der Waals surface area (Å²) in [6.07, 6.45) is 2.32. The summed E-state index contributed by atoms with van der Waals surface area (Å²) in [6.45, 7) is 4.06. The zero-order chi connectivity index (χ0) is 21.0. The molecule has 0 unspecified atom stereocenters. The van der Waals surface area contributed by atoms with Crippen molar-refractivity contribution < 1.29 is 24.2 Å². The summed E-state index contributed by atoms with van der Waals surface area (Å²) in [6, 6.07) is 8.66. The van der Waals surface area contributed by atoms with Crippen molar-refractivity contribution >= 4 is 29.2 Å². The molecule has 0 bridgehead atoms. The Morgan fingerprint density at radius 2 is 2.00 bits per heavy atom. The normalized spacial score (nSPS) is 13.1. The second-order valence-corrected chi connectivity index (χ2v) is 7.23. The Kier molecular flexibility index (Phi) is 6.61. The largest absolute Gasteiger partial charge is 0.508 e. The number of halogens is 1. The van der Waals surface area contributed by atoms with Crippen molar-refractivity contribution in [1.82, 2.24) is 5.32 Å². The molecule has 1 aliphatic carbocycles. The minimum absolute atomic E-state index is 0.115. The molecule has 0 radical (unpaired) electrons. The Morgan fingerprint density at radius 3 is 2.66 bits per heavy atom. The molecule has 0 spiro atoms. The second-order valence-electron chi connectivity index (χ2n) is 6.83. The molecule has 1 fully saturated rings. The van der Waals surface area contributed by atoms with E-state index in [1.165, 1.54) is 6.07 Å². The van der Waals surface area contributed by atoms with E-state index in [1.54, 1.807) is 38.1 Å². The molecule has 3 N–H and O–H groups in total. The van der Waals surface area contributed by atoms with Gasteiger partial charge in [0.15, 0.2) is 0 Å². The Labute approximate surface area is 174 Å². The van der Waals surface area contributed by atoms with Gasteiger partial charge >= 0.3 is 11.9 Å². The molecule has 154 valence electrons. The van der Waals surface area contributed by atoms with E-state index in [2.05, 4.69) is 15.4 Å². The number of aromatic hydroxyl groups is 1. The Hall–Kier alpha value is -2.77. The molecule has 1 saturated carbocycles. The maximum atomic E-state index is 11.8. The van der Waals surface area contributed by atoms with E-state index in [0.717, 1.165) is 18.4 Å². The number of amides is 1. The molecule has 3 rings (SSSR count). The highest BCUT2D eigenvalue weighted by atomic mass is 35.5. The summed E-state index contributed by atoms with van der Waals surface area (Å²) in [7, 11) is 0. The fourth-order valence-electron chi connectivity index (χ4n) is 2.74. The maximum Gasteiger partial charge on any atom is 0.397 e. The fraction of sp³-hybridized carbons (Fsp3) is 0.333. The van der Waals surface area contributed by atoms with E-state index < -0.39 is 11.9 Å². The number of anilines is 1. The summed E-state index contributed by atoms with van der Waals surface area (Å²) in [5.41, 5.74) is 1.77. The number of phenols is 1. The van der Waals surface area contributed by atoms with Crippen LogP contribution in [0, 0.1) is 6.92 Å². The van der Waals surface area contributed by atoms with Crippen LogP contribution in [-0.4, -0.2) is 29.6 Å². The monoisotopic (exact) mass is 418 g/mol. The number of hydrogen-bond donors (Lipinski definition) is 3. The lowest BCUT2D eigenvalue weighted by atomic mass is 10.1. The van der Waals surface area contributed by atoms with Gasteiger partial charge in [0.05, 0.1) is 11.6 Å². The first-order chi connectivity index (χ1) is 13.9. The average molecular weight is 419 g/mol. The molecule has 7 nitrogen and oxygen atoms in total. The van der Waals surface area contributed by atoms with Gasteiger partial charge in [-0.1, -0.05) is 11.6 Å². The van der Waals surface area contributed by atoms with Gasteiger partial charge < -0.3 is 25.2 Å². The molecule has 2 aromatic rings. The number of carbonyl (C=O) groups is 2. The van der Waals surface area contributed by atoms with Crippen LogP contribution in [-0.2, 0) is 20.9 Å². The molecule has 1 aliphatic rings. The topological polar surface area (TPSA) is 96.9 Å². The van der Waals surface area contributed by atoms with Crippen molar-refractivity contribution in [2.75, 3.05) is 11.9 Å². The third-order valence-corrected chi connectivity index (χ3v) is 4.66. The number of aryl methyl sites for hydroxylation is 1. The summed E-state index contributed by atoms with van der Waals surface area (Å²) in [4.78, 5) is 23.3. The maximum absolute atomic E-state index is 11.8. The molecule has 0 heterocycles. The van der Waals surface area contributed by atoms with Crippen molar-refractivity contribution in [2.24, 2.45) is 0 Å². The Bertz CT molecular complexity index is 904. The molecule has 0 atom stereocenters. The lowest BCUT2D eigenvalue weighted by Crippen LogP contribution is -2.25. The first-order valence-electron chi connectivity index (χ1n) is 9.38. The first-order valence-corrected chi connectivity index (χ1v) is 9.76. The average Bonchev–Trinajstić information content (AvgIpc) is 3.49. The molecule has 29 heavy (non-hydrogen) atoms. The van der Waals surface area contributed by atoms with E-state index in [1.807, 2.05) is 0 Å². The number of carbonyl (C=O) groups excluding carboxylic acids is 2. The van der Waals surface area contributed by atoms with Crippen molar-refractivity contribution in [1.29, 1.82) is 0 Å². The van der Waals surface area contributed by atoms with Crippen molar-refractivity contribution in [3.63, 3.8) is 0 Å². The number of hydrogen-bond acceptors (Lipinski definition) is 6. The van der Waals surface area contributed by atoms with Crippen LogP contribution in [0.1, 0.15) is 30.9 Å². The lowest BCUT2D eigenvalue weighted by Gasteiger charge is -2.14. The Balaban J connectivity index is 1.73. The molecule has 0 aliphatic heterocycles. The number of nitrogens with one attached hydrogen (secondary N) is 2.